The van der Waals surface area contributed by atoms with Gasteiger partial charge in [-0.25, -0.2) is 0 Å². The van der Waals surface area contributed by atoms with E-state index in [1.165, 1.54) is 0 Å². The molecule has 0 radical (unpaired) electrons. The van der Waals surface area contributed by atoms with Crippen molar-refractivity contribution in [1.29, 1.82) is 0 Å². The molecule has 4 nitrogen and oxygen atoms in total. The average Bonchev–Trinajstić information content (AvgIpc) is 2.53. The standard InChI is InChI=1S/C12H21N3O/c1-4-10-8-15(5-6-16-3)11(12(10)14)7-9(2)13/h7-8H,4-6,13-14H2,1-3H3/b9-7-. The molecule has 0 bridgehead atoms. The second-order valence-corrected chi connectivity index (χ2v) is 3.88. The largest absolute Gasteiger partial charge is 0.402 e. The van der Waals surface area contributed by atoms with E-state index in [0.29, 0.717) is 6.61 Å². The Hall–Kier alpha value is -1.42. The number of ether oxygens (including phenoxy) is 1. The van der Waals surface area contributed by atoms with Crippen LogP contribution in [0.1, 0.15) is 25.1 Å². The lowest BCUT2D eigenvalue weighted by molar-refractivity contribution is 0.187. The van der Waals surface area contributed by atoms with E-state index in [-0.39, 0.29) is 0 Å². The first-order valence-electron chi connectivity index (χ1n) is 5.50. The van der Waals surface area contributed by atoms with E-state index in [1.807, 2.05) is 13.0 Å². The summed E-state index contributed by atoms with van der Waals surface area (Å²) in [6.07, 6.45) is 4.91. The molecule has 1 heterocycles. The first kappa shape index (κ1) is 12.6. The van der Waals surface area contributed by atoms with Crippen LogP contribution in [0.25, 0.3) is 6.08 Å². The molecule has 0 aliphatic heterocycles. The van der Waals surface area contributed by atoms with Crippen molar-refractivity contribution in [3.8, 4) is 0 Å². The molecule has 1 aromatic rings. The van der Waals surface area contributed by atoms with Gasteiger partial charge in [-0.3, -0.25) is 0 Å². The van der Waals surface area contributed by atoms with Gasteiger partial charge in [-0.15, -0.1) is 0 Å². The molecule has 0 amide bonds. The molecule has 16 heavy (non-hydrogen) atoms. The molecule has 0 saturated carbocycles. The van der Waals surface area contributed by atoms with Gasteiger partial charge in [0.05, 0.1) is 18.0 Å². The van der Waals surface area contributed by atoms with Crippen LogP contribution < -0.4 is 11.5 Å². The van der Waals surface area contributed by atoms with Crippen LogP contribution in [0.2, 0.25) is 0 Å². The summed E-state index contributed by atoms with van der Waals surface area (Å²) < 4.78 is 7.17. The summed E-state index contributed by atoms with van der Waals surface area (Å²) in [4.78, 5) is 0. The fourth-order valence-electron chi connectivity index (χ4n) is 1.68. The van der Waals surface area contributed by atoms with Crippen LogP contribution in [0.3, 0.4) is 0 Å². The Morgan fingerprint density at radius 1 is 1.56 bits per heavy atom. The number of methoxy groups -OCH3 is 1. The van der Waals surface area contributed by atoms with Crippen molar-refractivity contribution in [3.63, 3.8) is 0 Å². The predicted octanol–water partition coefficient (Wildman–Crippen LogP) is 1.60. The third kappa shape index (κ3) is 2.79. The monoisotopic (exact) mass is 223 g/mol. The summed E-state index contributed by atoms with van der Waals surface area (Å²) in [6.45, 7) is 5.41. The van der Waals surface area contributed by atoms with Crippen LogP contribution in [0.5, 0.6) is 0 Å². The number of allylic oxidation sites excluding steroid dienone is 1. The van der Waals surface area contributed by atoms with E-state index in [9.17, 15) is 0 Å². The van der Waals surface area contributed by atoms with Crippen LogP contribution in [0, 0.1) is 0 Å². The van der Waals surface area contributed by atoms with Gasteiger partial charge in [0.2, 0.25) is 0 Å². The Morgan fingerprint density at radius 3 is 2.75 bits per heavy atom. The van der Waals surface area contributed by atoms with E-state index in [0.717, 1.165) is 35.6 Å². The molecular formula is C12H21N3O. The minimum absolute atomic E-state index is 0.668. The number of hydrogen-bond acceptors (Lipinski definition) is 3. The fourth-order valence-corrected chi connectivity index (χ4v) is 1.68. The molecule has 0 spiro atoms. The van der Waals surface area contributed by atoms with Crippen LogP contribution in [0.15, 0.2) is 11.9 Å². The quantitative estimate of drug-likeness (QED) is 0.796. The summed E-state index contributed by atoms with van der Waals surface area (Å²) in [5.74, 6) is 0. The topological polar surface area (TPSA) is 66.2 Å². The molecule has 1 aromatic heterocycles. The number of anilines is 1. The molecule has 0 unspecified atom stereocenters. The first-order valence-corrected chi connectivity index (χ1v) is 5.50. The van der Waals surface area contributed by atoms with Crippen molar-refractivity contribution >= 4 is 11.8 Å². The maximum absolute atomic E-state index is 6.07. The van der Waals surface area contributed by atoms with Crippen LogP contribution in [0.4, 0.5) is 5.69 Å². The Bertz CT molecular complexity index is 376. The van der Waals surface area contributed by atoms with Gasteiger partial charge < -0.3 is 20.8 Å². The number of rotatable bonds is 5. The van der Waals surface area contributed by atoms with Crippen molar-refractivity contribution in [1.82, 2.24) is 4.57 Å². The lowest BCUT2D eigenvalue weighted by Crippen LogP contribution is -2.06. The van der Waals surface area contributed by atoms with Crippen LogP contribution >= 0.6 is 0 Å². The molecule has 1 rings (SSSR count). The molecular weight excluding hydrogens is 202 g/mol. The Balaban J connectivity index is 3.09. The highest BCUT2D eigenvalue weighted by molar-refractivity contribution is 5.67. The molecule has 0 saturated heterocycles. The molecule has 0 aliphatic rings. The van der Waals surface area contributed by atoms with Crippen molar-refractivity contribution in [2.45, 2.75) is 26.8 Å². The number of aromatic nitrogens is 1. The predicted molar refractivity (Wildman–Crippen MR) is 67.9 cm³/mol. The van der Waals surface area contributed by atoms with E-state index in [1.54, 1.807) is 7.11 Å². The second kappa shape index (κ2) is 5.61. The van der Waals surface area contributed by atoms with E-state index < -0.39 is 0 Å². The van der Waals surface area contributed by atoms with E-state index in [4.69, 9.17) is 16.2 Å². The SMILES string of the molecule is CCc1cn(CCOC)c(/C=C(/C)N)c1N. The third-order valence-corrected chi connectivity index (χ3v) is 2.52. The zero-order valence-corrected chi connectivity index (χ0v) is 10.3. The van der Waals surface area contributed by atoms with Gasteiger partial charge in [0.15, 0.2) is 0 Å². The number of nitrogens with two attached hydrogens (primary N) is 2. The number of nitrogens with zero attached hydrogens (tertiary/aromatic N) is 1. The summed E-state index contributed by atoms with van der Waals surface area (Å²) in [5, 5.41) is 0. The summed E-state index contributed by atoms with van der Waals surface area (Å²) >= 11 is 0. The zero-order valence-electron chi connectivity index (χ0n) is 10.3. The molecule has 4 heteroatoms. The minimum Gasteiger partial charge on any atom is -0.402 e. The van der Waals surface area contributed by atoms with Gasteiger partial charge in [0.25, 0.3) is 0 Å². The van der Waals surface area contributed by atoms with Crippen molar-refractivity contribution < 1.29 is 4.74 Å². The van der Waals surface area contributed by atoms with Crippen molar-refractivity contribution in [3.05, 3.63) is 23.2 Å². The summed E-state index contributed by atoms with van der Waals surface area (Å²) in [5.41, 5.74) is 15.5. The van der Waals surface area contributed by atoms with Gasteiger partial charge in [0, 0.05) is 25.5 Å². The lowest BCUT2D eigenvalue weighted by Gasteiger charge is -2.06. The second-order valence-electron chi connectivity index (χ2n) is 3.88. The highest BCUT2D eigenvalue weighted by Gasteiger charge is 2.09. The normalized spacial score (nSPS) is 12.1. The van der Waals surface area contributed by atoms with Crippen LogP contribution in [-0.2, 0) is 17.7 Å². The van der Waals surface area contributed by atoms with Gasteiger partial charge in [0.1, 0.15) is 0 Å². The highest BCUT2D eigenvalue weighted by Crippen LogP contribution is 2.22. The number of aryl methyl sites for hydroxylation is 1. The molecule has 4 N–H and O–H groups in total. The Labute approximate surface area is 96.9 Å². The smallest absolute Gasteiger partial charge is 0.0661 e. The first-order chi connectivity index (χ1) is 7.60. The van der Waals surface area contributed by atoms with E-state index >= 15 is 0 Å². The molecule has 90 valence electrons. The maximum Gasteiger partial charge on any atom is 0.0661 e. The van der Waals surface area contributed by atoms with Gasteiger partial charge in [-0.05, 0) is 25.0 Å². The van der Waals surface area contributed by atoms with Gasteiger partial charge in [-0.1, -0.05) is 6.92 Å². The molecule has 0 atom stereocenters. The Kier molecular flexibility index (Phi) is 4.43. The third-order valence-electron chi connectivity index (χ3n) is 2.52. The van der Waals surface area contributed by atoms with E-state index in [2.05, 4.69) is 17.7 Å². The molecule has 0 fully saturated rings. The number of hydrogen-bond donors (Lipinski definition) is 2. The van der Waals surface area contributed by atoms with Gasteiger partial charge in [-0.2, -0.15) is 0 Å². The lowest BCUT2D eigenvalue weighted by atomic mass is 10.2. The van der Waals surface area contributed by atoms with Crippen LogP contribution in [-0.4, -0.2) is 18.3 Å². The molecule has 0 aromatic carbocycles. The summed E-state index contributed by atoms with van der Waals surface area (Å²) in [6, 6.07) is 0. The fraction of sp³-hybridized carbons (Fsp3) is 0.500. The zero-order chi connectivity index (χ0) is 12.1. The van der Waals surface area contributed by atoms with Crippen molar-refractivity contribution in [2.75, 3.05) is 19.5 Å². The Morgan fingerprint density at radius 2 is 2.25 bits per heavy atom. The minimum atomic E-state index is 0.668. The van der Waals surface area contributed by atoms with Gasteiger partial charge >= 0.3 is 0 Å². The van der Waals surface area contributed by atoms with Crippen molar-refractivity contribution in [2.24, 2.45) is 5.73 Å². The summed E-state index contributed by atoms with van der Waals surface area (Å²) in [7, 11) is 1.69. The highest BCUT2D eigenvalue weighted by atomic mass is 16.5. The number of nitrogen functional groups attached to an aromatic ring is 1. The average molecular weight is 223 g/mol. The maximum atomic E-state index is 6.07. The molecule has 0 aliphatic carbocycles.